The van der Waals surface area contributed by atoms with E-state index < -0.39 is 0 Å². The summed E-state index contributed by atoms with van der Waals surface area (Å²) in [6, 6.07) is 0.115. The summed E-state index contributed by atoms with van der Waals surface area (Å²) >= 11 is 0. The minimum atomic E-state index is -0.0387. The standard InChI is InChI=1S/C18H32N4O/c1-7-16(23)22(12-11-20-8-2)13-18(9-10-18)21(6)17(14(3)4)15(5)19/h7-8,14,17,20H,1-2,5,9-13,19H2,3-4,6H3. The van der Waals surface area contributed by atoms with Gasteiger partial charge in [0.1, 0.15) is 0 Å². The van der Waals surface area contributed by atoms with Crippen LogP contribution in [0.15, 0.2) is 37.7 Å². The molecule has 1 aliphatic rings. The molecule has 5 nitrogen and oxygen atoms in total. The molecule has 23 heavy (non-hydrogen) atoms. The zero-order valence-electron chi connectivity index (χ0n) is 14.8. The summed E-state index contributed by atoms with van der Waals surface area (Å²) in [5, 5.41) is 3.04. The summed E-state index contributed by atoms with van der Waals surface area (Å²) in [6.45, 7) is 17.5. The number of hydrogen-bond acceptors (Lipinski definition) is 4. The van der Waals surface area contributed by atoms with Gasteiger partial charge in [0.15, 0.2) is 0 Å². The first-order valence-electron chi connectivity index (χ1n) is 8.22. The first kappa shape index (κ1) is 19.3. The van der Waals surface area contributed by atoms with Crippen molar-refractivity contribution in [2.45, 2.75) is 38.3 Å². The Balaban J connectivity index is 2.84. The second kappa shape index (κ2) is 8.20. The Kier molecular flexibility index (Phi) is 6.88. The van der Waals surface area contributed by atoms with Crippen molar-refractivity contribution in [1.29, 1.82) is 0 Å². The van der Waals surface area contributed by atoms with Crippen LogP contribution >= 0.6 is 0 Å². The van der Waals surface area contributed by atoms with Crippen LogP contribution in [0.1, 0.15) is 26.7 Å². The van der Waals surface area contributed by atoms with Crippen LogP contribution in [0.25, 0.3) is 0 Å². The van der Waals surface area contributed by atoms with E-state index in [9.17, 15) is 4.79 Å². The number of amides is 1. The van der Waals surface area contributed by atoms with Gasteiger partial charge in [-0.15, -0.1) is 0 Å². The van der Waals surface area contributed by atoms with Gasteiger partial charge < -0.3 is 16.0 Å². The summed E-state index contributed by atoms with van der Waals surface area (Å²) in [7, 11) is 2.09. The normalized spacial score (nSPS) is 16.7. The second-order valence-corrected chi connectivity index (χ2v) is 6.72. The number of nitrogens with two attached hydrogens (primary N) is 1. The molecule has 1 rings (SSSR count). The van der Waals surface area contributed by atoms with E-state index in [0.29, 0.717) is 31.2 Å². The molecular formula is C18H32N4O. The summed E-state index contributed by atoms with van der Waals surface area (Å²) in [6.07, 6.45) is 5.15. The predicted molar refractivity (Wildman–Crippen MR) is 96.7 cm³/mol. The maximum absolute atomic E-state index is 12.2. The Morgan fingerprint density at radius 2 is 2.00 bits per heavy atom. The fraction of sp³-hybridized carbons (Fsp3) is 0.611. The molecule has 0 aromatic carbocycles. The summed E-state index contributed by atoms with van der Waals surface area (Å²) in [5.74, 6) is 0.337. The average molecular weight is 320 g/mol. The van der Waals surface area contributed by atoms with Crippen molar-refractivity contribution in [2.24, 2.45) is 11.7 Å². The molecule has 0 aromatic rings. The molecule has 0 aromatic heterocycles. The lowest BCUT2D eigenvalue weighted by Gasteiger charge is -2.40. The van der Waals surface area contributed by atoms with E-state index in [4.69, 9.17) is 5.73 Å². The van der Waals surface area contributed by atoms with Gasteiger partial charge >= 0.3 is 0 Å². The molecule has 5 heteroatoms. The lowest BCUT2D eigenvalue weighted by Crippen LogP contribution is -2.53. The van der Waals surface area contributed by atoms with Crippen LogP contribution in [0.2, 0.25) is 0 Å². The maximum atomic E-state index is 12.2. The predicted octanol–water partition coefficient (Wildman–Crippen LogP) is 1.70. The molecule has 1 atom stereocenters. The fourth-order valence-corrected chi connectivity index (χ4v) is 3.24. The molecule has 3 N–H and O–H groups in total. The van der Waals surface area contributed by atoms with Crippen LogP contribution in [0.4, 0.5) is 0 Å². The topological polar surface area (TPSA) is 61.6 Å². The molecule has 0 saturated heterocycles. The van der Waals surface area contributed by atoms with Gasteiger partial charge in [-0.05, 0) is 38.1 Å². The lowest BCUT2D eigenvalue weighted by atomic mass is 9.97. The van der Waals surface area contributed by atoms with E-state index >= 15 is 0 Å². The Labute approximate surface area is 140 Å². The van der Waals surface area contributed by atoms with Crippen molar-refractivity contribution in [3.05, 3.63) is 37.7 Å². The van der Waals surface area contributed by atoms with E-state index in [1.807, 2.05) is 4.90 Å². The average Bonchev–Trinajstić information content (AvgIpc) is 3.25. The van der Waals surface area contributed by atoms with Crippen molar-refractivity contribution in [3.8, 4) is 0 Å². The minimum absolute atomic E-state index is 0.00983. The van der Waals surface area contributed by atoms with Crippen molar-refractivity contribution >= 4 is 5.91 Å². The zero-order valence-corrected chi connectivity index (χ0v) is 14.8. The second-order valence-electron chi connectivity index (χ2n) is 6.72. The molecule has 1 fully saturated rings. The van der Waals surface area contributed by atoms with Crippen LogP contribution in [0, 0.1) is 5.92 Å². The van der Waals surface area contributed by atoms with Crippen LogP contribution < -0.4 is 11.1 Å². The van der Waals surface area contributed by atoms with Crippen molar-refractivity contribution in [2.75, 3.05) is 26.7 Å². The highest BCUT2D eigenvalue weighted by Crippen LogP contribution is 2.44. The summed E-state index contributed by atoms with van der Waals surface area (Å²) < 4.78 is 0. The molecule has 0 aliphatic heterocycles. The molecule has 0 heterocycles. The van der Waals surface area contributed by atoms with Crippen molar-refractivity contribution in [3.63, 3.8) is 0 Å². The van der Waals surface area contributed by atoms with Crippen molar-refractivity contribution in [1.82, 2.24) is 15.1 Å². The van der Waals surface area contributed by atoms with Gasteiger partial charge in [-0.1, -0.05) is 33.6 Å². The number of nitrogens with zero attached hydrogens (tertiary/aromatic N) is 2. The van der Waals surface area contributed by atoms with Gasteiger partial charge in [-0.3, -0.25) is 9.69 Å². The van der Waals surface area contributed by atoms with Gasteiger partial charge in [0.05, 0.1) is 6.04 Å². The van der Waals surface area contributed by atoms with E-state index in [0.717, 1.165) is 12.8 Å². The van der Waals surface area contributed by atoms with Gasteiger partial charge in [0.2, 0.25) is 5.91 Å². The number of hydrogen-bond donors (Lipinski definition) is 2. The molecule has 130 valence electrons. The van der Waals surface area contributed by atoms with Crippen LogP contribution in [-0.2, 0) is 4.79 Å². The van der Waals surface area contributed by atoms with Gasteiger partial charge in [-0.25, -0.2) is 0 Å². The Morgan fingerprint density at radius 3 is 2.39 bits per heavy atom. The molecular weight excluding hydrogens is 288 g/mol. The Morgan fingerprint density at radius 1 is 1.39 bits per heavy atom. The van der Waals surface area contributed by atoms with Gasteiger partial charge in [-0.2, -0.15) is 0 Å². The van der Waals surface area contributed by atoms with Crippen molar-refractivity contribution < 1.29 is 4.79 Å². The molecule has 1 saturated carbocycles. The first-order valence-corrected chi connectivity index (χ1v) is 8.22. The number of carbonyl (C=O) groups excluding carboxylic acids is 1. The molecule has 0 spiro atoms. The van der Waals surface area contributed by atoms with E-state index in [1.165, 1.54) is 6.08 Å². The molecule has 1 amide bonds. The number of nitrogens with one attached hydrogen (secondary N) is 1. The van der Waals surface area contributed by atoms with E-state index in [1.54, 1.807) is 6.20 Å². The Hall–Kier alpha value is -1.75. The summed E-state index contributed by atoms with van der Waals surface area (Å²) in [4.78, 5) is 16.3. The van der Waals surface area contributed by atoms with Crippen LogP contribution in [0.5, 0.6) is 0 Å². The highest BCUT2D eigenvalue weighted by molar-refractivity contribution is 5.87. The lowest BCUT2D eigenvalue weighted by molar-refractivity contribution is -0.127. The SMILES string of the molecule is C=CNCCN(CC1(N(C)C(C(=C)N)C(C)C)CC1)C(=O)C=C. The maximum Gasteiger partial charge on any atom is 0.246 e. The quantitative estimate of drug-likeness (QED) is 0.449. The Bertz CT molecular complexity index is 454. The van der Waals surface area contributed by atoms with Crippen LogP contribution in [-0.4, -0.2) is 54.0 Å². The van der Waals surface area contributed by atoms with Gasteiger partial charge in [0.25, 0.3) is 0 Å². The third-order valence-electron chi connectivity index (χ3n) is 4.65. The number of carbonyl (C=O) groups is 1. The third-order valence-corrected chi connectivity index (χ3v) is 4.65. The number of likely N-dealkylation sites (N-methyl/N-ethyl adjacent to an activating group) is 1. The van der Waals surface area contributed by atoms with Crippen LogP contribution in [0.3, 0.4) is 0 Å². The summed E-state index contributed by atoms with van der Waals surface area (Å²) in [5.41, 5.74) is 6.70. The minimum Gasteiger partial charge on any atom is -0.401 e. The highest BCUT2D eigenvalue weighted by atomic mass is 16.2. The smallest absolute Gasteiger partial charge is 0.246 e. The largest absolute Gasteiger partial charge is 0.401 e. The number of rotatable bonds is 11. The third kappa shape index (κ3) is 4.86. The van der Waals surface area contributed by atoms with Gasteiger partial charge in [0, 0.05) is 30.9 Å². The molecule has 1 aliphatic carbocycles. The monoisotopic (exact) mass is 320 g/mol. The zero-order chi connectivity index (χ0) is 17.6. The molecule has 0 radical (unpaired) electrons. The highest BCUT2D eigenvalue weighted by Gasteiger charge is 2.50. The first-order chi connectivity index (χ1) is 10.8. The van der Waals surface area contributed by atoms with E-state index in [-0.39, 0.29) is 17.5 Å². The molecule has 0 bridgehead atoms. The molecule has 1 unspecified atom stereocenters. The van der Waals surface area contributed by atoms with E-state index in [2.05, 4.69) is 50.8 Å². The fourth-order valence-electron chi connectivity index (χ4n) is 3.24.